The molecule has 5 rings (SSSR count). The minimum Gasteiger partial charge on any atom is -0.497 e. The molecule has 9 nitrogen and oxygen atoms in total. The van der Waals surface area contributed by atoms with Crippen LogP contribution in [0, 0.1) is 0 Å². The lowest BCUT2D eigenvalue weighted by Crippen LogP contribution is -2.24. The Morgan fingerprint density at radius 1 is 0.905 bits per heavy atom. The van der Waals surface area contributed by atoms with Crippen molar-refractivity contribution < 1.29 is 13.2 Å². The summed E-state index contributed by atoms with van der Waals surface area (Å²) < 4.78 is 35.6. The highest BCUT2D eigenvalue weighted by atomic mass is 32.2. The normalized spacial score (nSPS) is 11.6. The number of ether oxygens (including phenoxy) is 1. The van der Waals surface area contributed by atoms with Gasteiger partial charge in [0.1, 0.15) is 17.9 Å². The fourth-order valence-corrected chi connectivity index (χ4v) is 6.01. The largest absolute Gasteiger partial charge is 0.497 e. The maximum absolute atomic E-state index is 12.8. The molecule has 0 unspecified atom stereocenters. The van der Waals surface area contributed by atoms with Crippen LogP contribution in [0.5, 0.6) is 5.75 Å². The second-order valence-electron chi connectivity index (χ2n) is 9.91. The summed E-state index contributed by atoms with van der Waals surface area (Å²) in [7, 11) is -2.19. The molecule has 0 aliphatic rings. The average molecular weight is 585 g/mol. The van der Waals surface area contributed by atoms with E-state index in [4.69, 9.17) is 4.74 Å². The van der Waals surface area contributed by atoms with Gasteiger partial charge in [-0.05, 0) is 80.7 Å². The first-order chi connectivity index (χ1) is 20.4. The molecule has 0 saturated carbocycles. The molecule has 2 heterocycles. The number of rotatable bonds is 13. The summed E-state index contributed by atoms with van der Waals surface area (Å²) in [6, 6.07) is 23.6. The molecule has 0 spiro atoms. The summed E-state index contributed by atoms with van der Waals surface area (Å²) >= 11 is 0. The maximum atomic E-state index is 12.8. The number of aromatic nitrogens is 3. The number of hydrogen-bond acceptors (Lipinski definition) is 7. The lowest BCUT2D eigenvalue weighted by Gasteiger charge is -2.17. The summed E-state index contributed by atoms with van der Waals surface area (Å²) in [6.07, 6.45) is 4.81. The van der Waals surface area contributed by atoms with Crippen molar-refractivity contribution in [2.24, 2.45) is 0 Å². The molecule has 0 saturated heterocycles. The minimum atomic E-state index is -3.73. The van der Waals surface area contributed by atoms with Gasteiger partial charge in [-0.15, -0.1) is 0 Å². The fourth-order valence-electron chi connectivity index (χ4n) is 4.95. The fraction of sp³-hybridized carbons (Fsp3) is 0.250. The predicted octanol–water partition coefficient (Wildman–Crippen LogP) is 6.38. The minimum absolute atomic E-state index is 0.157. The van der Waals surface area contributed by atoms with Gasteiger partial charge in [0.25, 0.3) is 10.0 Å². The Kier molecular flexibility index (Phi) is 9.04. The summed E-state index contributed by atoms with van der Waals surface area (Å²) in [5.41, 5.74) is 4.30. The monoisotopic (exact) mass is 584 g/mol. The number of benzene rings is 3. The molecule has 0 aliphatic carbocycles. The maximum Gasteiger partial charge on any atom is 0.261 e. The van der Waals surface area contributed by atoms with Crippen molar-refractivity contribution >= 4 is 38.1 Å². The van der Waals surface area contributed by atoms with Crippen LogP contribution in [-0.2, 0) is 16.6 Å². The Balaban J connectivity index is 1.30. The molecule has 2 N–H and O–H groups in total. The third-order valence-electron chi connectivity index (χ3n) is 7.28. The van der Waals surface area contributed by atoms with Gasteiger partial charge in [-0.3, -0.25) is 4.72 Å². The van der Waals surface area contributed by atoms with Crippen molar-refractivity contribution in [3.63, 3.8) is 0 Å². The number of fused-ring (bicyclic) bond motifs is 1. The van der Waals surface area contributed by atoms with Gasteiger partial charge in [0, 0.05) is 46.6 Å². The molecule has 0 aliphatic heterocycles. The van der Waals surface area contributed by atoms with Gasteiger partial charge in [-0.2, -0.15) is 0 Å². The van der Waals surface area contributed by atoms with Crippen LogP contribution in [0.4, 0.5) is 17.2 Å². The molecule has 10 heteroatoms. The van der Waals surface area contributed by atoms with E-state index >= 15 is 0 Å². The molecule has 0 bridgehead atoms. The highest BCUT2D eigenvalue weighted by molar-refractivity contribution is 7.92. The molecule has 218 valence electrons. The Hall–Kier alpha value is -4.41. The topological polar surface area (TPSA) is 101 Å². The van der Waals surface area contributed by atoms with Gasteiger partial charge >= 0.3 is 0 Å². The van der Waals surface area contributed by atoms with Crippen molar-refractivity contribution in [2.45, 2.75) is 31.7 Å². The second-order valence-corrected chi connectivity index (χ2v) is 11.6. The molecule has 0 radical (unpaired) electrons. The van der Waals surface area contributed by atoms with Crippen LogP contribution in [-0.4, -0.2) is 54.6 Å². The Bertz CT molecular complexity index is 1730. The molecule has 3 aromatic carbocycles. The van der Waals surface area contributed by atoms with Crippen molar-refractivity contribution in [3.05, 3.63) is 91.4 Å². The summed E-state index contributed by atoms with van der Waals surface area (Å²) in [5.74, 6) is 1.24. The van der Waals surface area contributed by atoms with Crippen LogP contribution in [0.3, 0.4) is 0 Å². The van der Waals surface area contributed by atoms with E-state index in [0.29, 0.717) is 17.3 Å². The Morgan fingerprint density at radius 2 is 1.62 bits per heavy atom. The van der Waals surface area contributed by atoms with Gasteiger partial charge in [0.15, 0.2) is 0 Å². The summed E-state index contributed by atoms with van der Waals surface area (Å²) in [5, 5.41) is 4.46. The Labute approximate surface area is 247 Å². The average Bonchev–Trinajstić information content (AvgIpc) is 3.39. The first kappa shape index (κ1) is 29.1. The number of nitrogens with zero attached hydrogens (tertiary/aromatic N) is 4. The van der Waals surface area contributed by atoms with Crippen LogP contribution in [0.1, 0.15) is 20.3 Å². The van der Waals surface area contributed by atoms with E-state index in [0.717, 1.165) is 54.9 Å². The van der Waals surface area contributed by atoms with Crippen LogP contribution >= 0.6 is 0 Å². The standard InChI is InChI=1S/C32H36N6O3S/c1-4-37(5-2)19-8-20-38-22-29(28-9-6-7-10-31(28)38)30-21-32(34-23-33-30)35-24-11-13-25(14-12-24)36-42(39,40)27-17-15-26(41-3)16-18-27/h6-7,9-18,21-23,36H,4-5,8,19-20H2,1-3H3,(H,33,34,35). The number of methoxy groups -OCH3 is 1. The quantitative estimate of drug-likeness (QED) is 0.166. The number of hydrogen-bond donors (Lipinski definition) is 2. The lowest BCUT2D eigenvalue weighted by molar-refractivity contribution is 0.294. The van der Waals surface area contributed by atoms with Crippen molar-refractivity contribution in [2.75, 3.05) is 36.8 Å². The van der Waals surface area contributed by atoms with Gasteiger partial charge in [0.2, 0.25) is 0 Å². The number of nitrogens with one attached hydrogen (secondary N) is 2. The van der Waals surface area contributed by atoms with E-state index in [1.807, 2.05) is 6.07 Å². The number of anilines is 3. The first-order valence-electron chi connectivity index (χ1n) is 14.1. The number of para-hydroxylation sites is 1. The van der Waals surface area contributed by atoms with E-state index in [1.165, 1.54) is 24.8 Å². The predicted molar refractivity (Wildman–Crippen MR) is 169 cm³/mol. The summed E-state index contributed by atoms with van der Waals surface area (Å²) in [4.78, 5) is 11.6. The van der Waals surface area contributed by atoms with Gasteiger partial charge in [-0.25, -0.2) is 18.4 Å². The third kappa shape index (κ3) is 6.72. The second kappa shape index (κ2) is 13.1. The van der Waals surface area contributed by atoms with Gasteiger partial charge < -0.3 is 19.5 Å². The molecule has 0 amide bonds. The van der Waals surface area contributed by atoms with Crippen LogP contribution in [0.25, 0.3) is 22.2 Å². The van der Waals surface area contributed by atoms with E-state index in [1.54, 1.807) is 42.7 Å². The number of aryl methyl sites for hydroxylation is 1. The van der Waals surface area contributed by atoms with Gasteiger partial charge in [0.05, 0.1) is 17.7 Å². The SMILES string of the molecule is CCN(CC)CCCn1cc(-c2cc(Nc3ccc(NS(=O)(=O)c4ccc(OC)cc4)cc3)ncn2)c2ccccc21. The highest BCUT2D eigenvalue weighted by Gasteiger charge is 2.15. The zero-order chi connectivity index (χ0) is 29.5. The van der Waals surface area contributed by atoms with Gasteiger partial charge in [-0.1, -0.05) is 32.0 Å². The van der Waals surface area contributed by atoms with Crippen LogP contribution < -0.4 is 14.8 Å². The van der Waals surface area contributed by atoms with E-state index in [-0.39, 0.29) is 4.90 Å². The number of sulfonamides is 1. The van der Waals surface area contributed by atoms with Crippen molar-refractivity contribution in [1.29, 1.82) is 0 Å². The van der Waals surface area contributed by atoms with E-state index in [9.17, 15) is 8.42 Å². The highest BCUT2D eigenvalue weighted by Crippen LogP contribution is 2.31. The smallest absolute Gasteiger partial charge is 0.261 e. The molecule has 5 aromatic rings. The van der Waals surface area contributed by atoms with Crippen LogP contribution in [0.15, 0.2) is 96.3 Å². The molecule has 0 fully saturated rings. The third-order valence-corrected chi connectivity index (χ3v) is 8.68. The zero-order valence-electron chi connectivity index (χ0n) is 24.1. The molecular formula is C32H36N6O3S. The molecule has 42 heavy (non-hydrogen) atoms. The lowest BCUT2D eigenvalue weighted by atomic mass is 10.1. The molecule has 2 aromatic heterocycles. The first-order valence-corrected chi connectivity index (χ1v) is 15.5. The van der Waals surface area contributed by atoms with E-state index in [2.05, 4.69) is 73.8 Å². The zero-order valence-corrected chi connectivity index (χ0v) is 24.9. The Morgan fingerprint density at radius 3 is 2.33 bits per heavy atom. The van der Waals surface area contributed by atoms with E-state index < -0.39 is 10.0 Å². The summed E-state index contributed by atoms with van der Waals surface area (Å²) in [6.45, 7) is 8.53. The molecule has 0 atom stereocenters. The molecular weight excluding hydrogens is 548 g/mol. The van der Waals surface area contributed by atoms with Crippen molar-refractivity contribution in [1.82, 2.24) is 19.4 Å². The van der Waals surface area contributed by atoms with Crippen molar-refractivity contribution in [3.8, 4) is 17.0 Å². The van der Waals surface area contributed by atoms with Crippen LogP contribution in [0.2, 0.25) is 0 Å².